The zero-order valence-corrected chi connectivity index (χ0v) is 10.9. The average Bonchev–Trinajstić information content (AvgIpc) is 2.48. The molecule has 20 heavy (non-hydrogen) atoms. The molecule has 0 saturated carbocycles. The van der Waals surface area contributed by atoms with E-state index in [0.717, 1.165) is 0 Å². The summed E-state index contributed by atoms with van der Waals surface area (Å²) in [6.45, 7) is 0.532. The second-order valence-corrected chi connectivity index (χ2v) is 4.29. The van der Waals surface area contributed by atoms with Crippen molar-refractivity contribution >= 4 is 11.9 Å². The number of esters is 1. The number of nitrogens with zero attached hydrogens (tertiary/aromatic N) is 1. The first kappa shape index (κ1) is 14.1. The molecule has 1 heterocycles. The van der Waals surface area contributed by atoms with Gasteiger partial charge in [0.05, 0.1) is 25.9 Å². The fourth-order valence-electron chi connectivity index (χ4n) is 2.04. The van der Waals surface area contributed by atoms with Crippen LogP contribution in [0.2, 0.25) is 0 Å². The zero-order valence-electron chi connectivity index (χ0n) is 10.9. The Morgan fingerprint density at radius 2 is 2.15 bits per heavy atom. The number of phenolic OH excluding ortho intramolecular Hbond substituents is 2. The zero-order chi connectivity index (χ0) is 14.7. The molecule has 1 saturated heterocycles. The van der Waals surface area contributed by atoms with Crippen LogP contribution in [0.5, 0.6) is 11.5 Å². The van der Waals surface area contributed by atoms with Gasteiger partial charge in [0, 0.05) is 6.54 Å². The van der Waals surface area contributed by atoms with Gasteiger partial charge in [-0.05, 0) is 12.1 Å². The van der Waals surface area contributed by atoms with E-state index in [2.05, 4.69) is 4.74 Å². The highest BCUT2D eigenvalue weighted by Gasteiger charge is 2.35. The van der Waals surface area contributed by atoms with Gasteiger partial charge in [-0.15, -0.1) is 0 Å². The smallest absolute Gasteiger partial charge is 0.331 e. The van der Waals surface area contributed by atoms with E-state index >= 15 is 0 Å². The van der Waals surface area contributed by atoms with Gasteiger partial charge in [-0.25, -0.2) is 4.79 Å². The van der Waals surface area contributed by atoms with Gasteiger partial charge in [-0.2, -0.15) is 0 Å². The standard InChI is InChI=1S/C13H15NO6/c1-19-13(18)9-7-20-6-5-14(9)12(17)8-3-2-4-10(15)11(8)16/h2-4,9,15-16H,5-7H2,1H3. The van der Waals surface area contributed by atoms with Gasteiger partial charge in [0.15, 0.2) is 17.5 Å². The van der Waals surface area contributed by atoms with Crippen LogP contribution in [-0.4, -0.2) is 59.9 Å². The Hall–Kier alpha value is -2.28. The molecule has 1 aromatic carbocycles. The first-order valence-electron chi connectivity index (χ1n) is 6.03. The van der Waals surface area contributed by atoms with Gasteiger partial charge in [-0.3, -0.25) is 4.79 Å². The van der Waals surface area contributed by atoms with Crippen molar-refractivity contribution in [3.8, 4) is 11.5 Å². The van der Waals surface area contributed by atoms with Crippen LogP contribution in [0.3, 0.4) is 0 Å². The number of hydrogen-bond donors (Lipinski definition) is 2. The van der Waals surface area contributed by atoms with E-state index in [9.17, 15) is 19.8 Å². The van der Waals surface area contributed by atoms with Crippen molar-refractivity contribution in [3.63, 3.8) is 0 Å². The van der Waals surface area contributed by atoms with Crippen LogP contribution in [-0.2, 0) is 14.3 Å². The number of morpholine rings is 1. The molecule has 0 spiro atoms. The number of carbonyl (C=O) groups is 2. The molecule has 0 aliphatic carbocycles. The molecular formula is C13H15NO6. The van der Waals surface area contributed by atoms with E-state index in [1.807, 2.05) is 0 Å². The van der Waals surface area contributed by atoms with Crippen LogP contribution in [0.15, 0.2) is 18.2 Å². The molecule has 1 aromatic rings. The number of ether oxygens (including phenoxy) is 2. The molecule has 0 aromatic heterocycles. The Labute approximate surface area is 115 Å². The Morgan fingerprint density at radius 1 is 1.40 bits per heavy atom. The van der Waals surface area contributed by atoms with Crippen LogP contribution >= 0.6 is 0 Å². The van der Waals surface area contributed by atoms with Crippen LogP contribution in [0.25, 0.3) is 0 Å². The van der Waals surface area contributed by atoms with Crippen molar-refractivity contribution in [2.24, 2.45) is 0 Å². The monoisotopic (exact) mass is 281 g/mol. The van der Waals surface area contributed by atoms with Gasteiger partial charge in [0.25, 0.3) is 5.91 Å². The minimum atomic E-state index is -0.858. The van der Waals surface area contributed by atoms with Crippen molar-refractivity contribution in [1.82, 2.24) is 4.90 Å². The molecule has 108 valence electrons. The lowest BCUT2D eigenvalue weighted by atomic mass is 10.1. The number of benzene rings is 1. The maximum absolute atomic E-state index is 12.4. The van der Waals surface area contributed by atoms with E-state index in [4.69, 9.17) is 4.74 Å². The molecule has 0 bridgehead atoms. The molecule has 1 aliphatic rings. The van der Waals surface area contributed by atoms with Gasteiger partial charge >= 0.3 is 5.97 Å². The molecule has 7 nitrogen and oxygen atoms in total. The number of phenols is 2. The fourth-order valence-corrected chi connectivity index (χ4v) is 2.04. The third-order valence-electron chi connectivity index (χ3n) is 3.11. The van der Waals surface area contributed by atoms with Crippen LogP contribution in [0, 0.1) is 0 Å². The Balaban J connectivity index is 2.30. The Bertz CT molecular complexity index is 530. The molecule has 7 heteroatoms. The minimum Gasteiger partial charge on any atom is -0.504 e. The predicted molar refractivity (Wildman–Crippen MR) is 67.4 cm³/mol. The van der Waals surface area contributed by atoms with Crippen LogP contribution in [0.1, 0.15) is 10.4 Å². The summed E-state index contributed by atoms with van der Waals surface area (Å²) in [5, 5.41) is 19.2. The van der Waals surface area contributed by atoms with E-state index in [-0.39, 0.29) is 18.7 Å². The highest BCUT2D eigenvalue weighted by Crippen LogP contribution is 2.29. The van der Waals surface area contributed by atoms with Crippen molar-refractivity contribution < 1.29 is 29.3 Å². The maximum atomic E-state index is 12.4. The van der Waals surface area contributed by atoms with Crippen molar-refractivity contribution in [2.75, 3.05) is 26.9 Å². The highest BCUT2D eigenvalue weighted by molar-refractivity contribution is 5.99. The maximum Gasteiger partial charge on any atom is 0.331 e. The molecule has 1 unspecified atom stereocenters. The van der Waals surface area contributed by atoms with Crippen molar-refractivity contribution in [1.29, 1.82) is 0 Å². The average molecular weight is 281 g/mol. The van der Waals surface area contributed by atoms with Gasteiger partial charge in [-0.1, -0.05) is 6.07 Å². The van der Waals surface area contributed by atoms with E-state index in [1.165, 1.54) is 30.2 Å². The van der Waals surface area contributed by atoms with Gasteiger partial charge in [0.2, 0.25) is 0 Å². The molecular weight excluding hydrogens is 266 g/mol. The Kier molecular flexibility index (Phi) is 4.09. The number of para-hydroxylation sites is 1. The first-order chi connectivity index (χ1) is 9.56. The molecule has 1 atom stereocenters. The van der Waals surface area contributed by atoms with Gasteiger partial charge < -0.3 is 24.6 Å². The lowest BCUT2D eigenvalue weighted by Gasteiger charge is -2.33. The molecule has 1 fully saturated rings. The number of methoxy groups -OCH3 is 1. The summed E-state index contributed by atoms with van der Waals surface area (Å²) in [5.74, 6) is -2.04. The SMILES string of the molecule is COC(=O)C1COCCN1C(=O)c1cccc(O)c1O. The number of amides is 1. The summed E-state index contributed by atoms with van der Waals surface area (Å²) >= 11 is 0. The van der Waals surface area contributed by atoms with Crippen molar-refractivity contribution in [3.05, 3.63) is 23.8 Å². The third-order valence-corrected chi connectivity index (χ3v) is 3.11. The second-order valence-electron chi connectivity index (χ2n) is 4.29. The summed E-state index contributed by atoms with van der Waals surface area (Å²) in [7, 11) is 1.23. The molecule has 2 rings (SSSR count). The summed E-state index contributed by atoms with van der Waals surface area (Å²) < 4.78 is 9.80. The molecule has 2 N–H and O–H groups in total. The molecule has 1 aliphatic heterocycles. The van der Waals surface area contributed by atoms with Crippen molar-refractivity contribution in [2.45, 2.75) is 6.04 Å². The van der Waals surface area contributed by atoms with Gasteiger partial charge in [0.1, 0.15) is 0 Å². The summed E-state index contributed by atoms with van der Waals surface area (Å²) in [5.41, 5.74) is -0.0687. The van der Waals surface area contributed by atoms with E-state index < -0.39 is 29.4 Å². The Morgan fingerprint density at radius 3 is 2.85 bits per heavy atom. The fraction of sp³-hybridized carbons (Fsp3) is 0.385. The highest BCUT2D eigenvalue weighted by atomic mass is 16.5. The molecule has 0 radical (unpaired) electrons. The number of hydrogen-bond acceptors (Lipinski definition) is 6. The largest absolute Gasteiger partial charge is 0.504 e. The first-order valence-corrected chi connectivity index (χ1v) is 6.03. The van der Waals surface area contributed by atoms with E-state index in [1.54, 1.807) is 0 Å². The lowest BCUT2D eigenvalue weighted by molar-refractivity contribution is -0.151. The summed E-state index contributed by atoms with van der Waals surface area (Å²) in [4.78, 5) is 25.3. The normalized spacial score (nSPS) is 18.6. The minimum absolute atomic E-state index is 0.0397. The second kappa shape index (κ2) is 5.79. The quantitative estimate of drug-likeness (QED) is 0.590. The lowest BCUT2D eigenvalue weighted by Crippen LogP contribution is -2.53. The summed E-state index contributed by atoms with van der Waals surface area (Å²) in [6, 6.07) is 3.23. The van der Waals surface area contributed by atoms with Crippen LogP contribution < -0.4 is 0 Å². The summed E-state index contributed by atoms with van der Waals surface area (Å²) in [6.07, 6.45) is 0. The van der Waals surface area contributed by atoms with Crippen LogP contribution in [0.4, 0.5) is 0 Å². The number of carbonyl (C=O) groups excluding carboxylic acids is 2. The predicted octanol–water partition coefficient (Wildman–Crippen LogP) is 0.112. The topological polar surface area (TPSA) is 96.3 Å². The number of rotatable bonds is 2. The number of aromatic hydroxyl groups is 2. The van der Waals surface area contributed by atoms with E-state index in [0.29, 0.717) is 6.61 Å². The molecule has 1 amide bonds. The third kappa shape index (κ3) is 2.53.